The van der Waals surface area contributed by atoms with Crippen LogP contribution in [0.4, 0.5) is 10.1 Å². The third-order valence-corrected chi connectivity index (χ3v) is 3.99. The van der Waals surface area contributed by atoms with Crippen LogP contribution in [0.15, 0.2) is 72.8 Å². The number of nitro benzene ring substituents is 1. The van der Waals surface area contributed by atoms with Gasteiger partial charge in [-0.1, -0.05) is 42.5 Å². The van der Waals surface area contributed by atoms with Gasteiger partial charge in [0, 0.05) is 17.7 Å². The lowest BCUT2D eigenvalue weighted by Crippen LogP contribution is -1.97. The van der Waals surface area contributed by atoms with Crippen molar-refractivity contribution in [2.75, 3.05) is 0 Å². The number of halogens is 1. The Morgan fingerprint density at radius 2 is 1.89 bits per heavy atom. The molecule has 138 valence electrons. The Bertz CT molecular complexity index is 1090. The van der Waals surface area contributed by atoms with Crippen molar-refractivity contribution in [3.63, 3.8) is 0 Å². The normalized spacial score (nSPS) is 10.9. The maximum Gasteiger partial charge on any atom is 0.270 e. The lowest BCUT2D eigenvalue weighted by molar-refractivity contribution is -0.384. The highest BCUT2D eigenvalue weighted by atomic mass is 19.1. The van der Waals surface area contributed by atoms with Crippen LogP contribution in [0.25, 0.3) is 11.6 Å². The molecule has 5 nitrogen and oxygen atoms in total. The molecule has 3 aromatic carbocycles. The molecule has 6 heteroatoms. The van der Waals surface area contributed by atoms with Crippen LogP contribution in [-0.2, 0) is 6.61 Å². The number of nitriles is 1. The molecule has 3 rings (SSSR count). The number of ether oxygens (including phenoxy) is 1. The molecule has 0 unspecified atom stereocenters. The van der Waals surface area contributed by atoms with Crippen LogP contribution in [0, 0.1) is 27.3 Å². The summed E-state index contributed by atoms with van der Waals surface area (Å²) in [4.78, 5) is 10.5. The van der Waals surface area contributed by atoms with Gasteiger partial charge in [-0.3, -0.25) is 10.1 Å². The van der Waals surface area contributed by atoms with Crippen LogP contribution in [0.2, 0.25) is 0 Å². The predicted octanol–water partition coefficient (Wildman–Crippen LogP) is 5.38. The molecule has 0 aliphatic rings. The van der Waals surface area contributed by atoms with Gasteiger partial charge in [0.05, 0.1) is 16.6 Å². The number of nitro groups is 1. The Morgan fingerprint density at radius 3 is 2.64 bits per heavy atom. The van der Waals surface area contributed by atoms with Crippen molar-refractivity contribution >= 4 is 17.3 Å². The lowest BCUT2D eigenvalue weighted by Gasteiger charge is -2.10. The molecule has 0 amide bonds. The zero-order chi connectivity index (χ0) is 19.9. The van der Waals surface area contributed by atoms with E-state index in [1.54, 1.807) is 48.5 Å². The Balaban J connectivity index is 1.89. The van der Waals surface area contributed by atoms with Crippen molar-refractivity contribution < 1.29 is 14.1 Å². The highest BCUT2D eigenvalue weighted by Gasteiger charge is 2.10. The molecule has 0 saturated heterocycles. The van der Waals surface area contributed by atoms with E-state index in [9.17, 15) is 19.8 Å². The van der Waals surface area contributed by atoms with Gasteiger partial charge in [0.1, 0.15) is 18.2 Å². The Labute approximate surface area is 161 Å². The first-order chi connectivity index (χ1) is 13.6. The van der Waals surface area contributed by atoms with Crippen LogP contribution < -0.4 is 4.74 Å². The van der Waals surface area contributed by atoms with E-state index in [2.05, 4.69) is 6.07 Å². The van der Waals surface area contributed by atoms with Crippen LogP contribution >= 0.6 is 0 Å². The predicted molar refractivity (Wildman–Crippen MR) is 104 cm³/mol. The van der Waals surface area contributed by atoms with Crippen molar-refractivity contribution in [1.82, 2.24) is 0 Å². The van der Waals surface area contributed by atoms with Gasteiger partial charge in [0.25, 0.3) is 5.69 Å². The molecule has 3 aromatic rings. The zero-order valence-corrected chi connectivity index (χ0v) is 14.7. The van der Waals surface area contributed by atoms with E-state index in [4.69, 9.17) is 4.74 Å². The van der Waals surface area contributed by atoms with E-state index in [0.29, 0.717) is 22.4 Å². The summed E-state index contributed by atoms with van der Waals surface area (Å²) in [5.74, 6) is 0.177. The van der Waals surface area contributed by atoms with Gasteiger partial charge in [-0.15, -0.1) is 0 Å². The SMILES string of the molecule is N#CC(=Cc1ccccc1OCc1cccc(F)c1)c1cccc([N+](=O)[O-])c1. The second kappa shape index (κ2) is 8.60. The maximum atomic E-state index is 13.3. The monoisotopic (exact) mass is 374 g/mol. The van der Waals surface area contributed by atoms with Crippen molar-refractivity contribution in [3.8, 4) is 11.8 Å². The molecule has 0 aromatic heterocycles. The number of rotatable bonds is 6. The van der Waals surface area contributed by atoms with Gasteiger partial charge >= 0.3 is 0 Å². The largest absolute Gasteiger partial charge is 0.488 e. The van der Waals surface area contributed by atoms with Crippen LogP contribution in [-0.4, -0.2) is 4.92 Å². The minimum atomic E-state index is -0.505. The fourth-order valence-corrected chi connectivity index (χ4v) is 2.64. The molecule has 0 aliphatic carbocycles. The molecular weight excluding hydrogens is 359 g/mol. The van der Waals surface area contributed by atoms with Crippen LogP contribution in [0.3, 0.4) is 0 Å². The molecule has 0 radical (unpaired) electrons. The van der Waals surface area contributed by atoms with Crippen molar-refractivity contribution in [2.45, 2.75) is 6.61 Å². The molecule has 0 spiro atoms. The zero-order valence-electron chi connectivity index (χ0n) is 14.7. The summed E-state index contributed by atoms with van der Waals surface area (Å²) in [7, 11) is 0. The third-order valence-electron chi connectivity index (χ3n) is 3.99. The van der Waals surface area contributed by atoms with Crippen LogP contribution in [0.5, 0.6) is 5.75 Å². The standard InChI is InChI=1S/C22H15FN2O3/c23-20-8-3-5-16(11-20)15-28-22-10-2-1-6-18(22)12-19(14-24)17-7-4-9-21(13-17)25(26)27/h1-13H,15H2. The first-order valence-electron chi connectivity index (χ1n) is 8.40. The minimum Gasteiger partial charge on any atom is -0.488 e. The molecule has 0 bridgehead atoms. The summed E-state index contributed by atoms with van der Waals surface area (Å²) in [5.41, 5.74) is 1.94. The Morgan fingerprint density at radius 1 is 1.11 bits per heavy atom. The van der Waals surface area contributed by atoms with Crippen molar-refractivity contribution in [2.24, 2.45) is 0 Å². The maximum absolute atomic E-state index is 13.3. The summed E-state index contributed by atoms with van der Waals surface area (Å²) >= 11 is 0. The molecule has 0 heterocycles. The number of benzene rings is 3. The van der Waals surface area contributed by atoms with Gasteiger partial charge in [-0.25, -0.2) is 4.39 Å². The van der Waals surface area contributed by atoms with Gasteiger partial charge in [0.15, 0.2) is 0 Å². The molecule has 0 atom stereocenters. The summed E-state index contributed by atoms with van der Waals surface area (Å²) in [6.07, 6.45) is 1.61. The van der Waals surface area contributed by atoms with E-state index < -0.39 is 4.92 Å². The Hall–Kier alpha value is -3.98. The number of allylic oxidation sites excluding steroid dienone is 1. The van der Waals surface area contributed by atoms with Gasteiger partial charge in [0.2, 0.25) is 0 Å². The molecule has 0 saturated carbocycles. The van der Waals surface area contributed by atoms with E-state index in [1.165, 1.54) is 30.3 Å². The second-order valence-corrected chi connectivity index (χ2v) is 5.93. The number of hydrogen-bond donors (Lipinski definition) is 0. The average molecular weight is 374 g/mol. The fraction of sp³-hybridized carbons (Fsp3) is 0.0455. The second-order valence-electron chi connectivity index (χ2n) is 5.93. The fourth-order valence-electron chi connectivity index (χ4n) is 2.64. The van der Waals surface area contributed by atoms with E-state index in [0.717, 1.165) is 0 Å². The van der Waals surface area contributed by atoms with Gasteiger partial charge in [-0.2, -0.15) is 5.26 Å². The van der Waals surface area contributed by atoms with Crippen molar-refractivity contribution in [3.05, 3.63) is 105 Å². The van der Waals surface area contributed by atoms with E-state index in [-0.39, 0.29) is 23.7 Å². The Kier molecular flexibility index (Phi) is 5.78. The number of hydrogen-bond acceptors (Lipinski definition) is 4. The molecule has 0 fully saturated rings. The summed E-state index contributed by atoms with van der Waals surface area (Å²) in [6, 6.07) is 21.2. The summed E-state index contributed by atoms with van der Waals surface area (Å²) in [6.45, 7) is 0.168. The van der Waals surface area contributed by atoms with Gasteiger partial charge in [-0.05, 0) is 35.4 Å². The van der Waals surface area contributed by atoms with E-state index in [1.807, 2.05) is 0 Å². The van der Waals surface area contributed by atoms with E-state index >= 15 is 0 Å². The first kappa shape index (κ1) is 18.8. The molecule has 0 aliphatic heterocycles. The molecule has 0 N–H and O–H groups in total. The molecular formula is C22H15FN2O3. The number of non-ortho nitro benzene ring substituents is 1. The molecule has 28 heavy (non-hydrogen) atoms. The summed E-state index contributed by atoms with van der Waals surface area (Å²) in [5, 5.41) is 20.5. The highest BCUT2D eigenvalue weighted by molar-refractivity contribution is 5.91. The topological polar surface area (TPSA) is 76.2 Å². The highest BCUT2D eigenvalue weighted by Crippen LogP contribution is 2.27. The number of nitrogens with zero attached hydrogens (tertiary/aromatic N) is 2. The summed E-state index contributed by atoms with van der Waals surface area (Å²) < 4.78 is 19.1. The number of para-hydroxylation sites is 1. The van der Waals surface area contributed by atoms with Gasteiger partial charge < -0.3 is 4.74 Å². The quantitative estimate of drug-likeness (QED) is 0.251. The lowest BCUT2D eigenvalue weighted by atomic mass is 10.0. The average Bonchev–Trinajstić information content (AvgIpc) is 2.71. The van der Waals surface area contributed by atoms with Crippen molar-refractivity contribution in [1.29, 1.82) is 5.26 Å². The van der Waals surface area contributed by atoms with Crippen LogP contribution in [0.1, 0.15) is 16.7 Å². The third kappa shape index (κ3) is 4.59. The smallest absolute Gasteiger partial charge is 0.270 e. The first-order valence-corrected chi connectivity index (χ1v) is 8.40. The minimum absolute atomic E-state index is 0.0886.